The number of carbonyl (C=O) groups excluding carboxylic acids is 1. The first-order valence-corrected chi connectivity index (χ1v) is 11.2. The van der Waals surface area contributed by atoms with Crippen molar-refractivity contribution in [2.45, 2.75) is 45.1 Å². The van der Waals surface area contributed by atoms with Gasteiger partial charge in [0.15, 0.2) is 0 Å². The van der Waals surface area contributed by atoms with Crippen molar-refractivity contribution < 1.29 is 18.8 Å². The van der Waals surface area contributed by atoms with Crippen molar-refractivity contribution in [1.29, 1.82) is 0 Å². The minimum atomic E-state index is -0.233. The average Bonchev–Trinajstić information content (AvgIpc) is 3.34. The maximum absolute atomic E-state index is 13.3. The molecule has 1 aromatic heterocycles. The van der Waals surface area contributed by atoms with Crippen LogP contribution in [0.2, 0.25) is 0 Å². The van der Waals surface area contributed by atoms with Crippen LogP contribution in [0.1, 0.15) is 61.3 Å². The Morgan fingerprint density at radius 3 is 2.78 bits per heavy atom. The van der Waals surface area contributed by atoms with E-state index in [4.69, 9.17) is 14.0 Å². The number of likely N-dealkylation sites (tertiary alicyclic amines) is 1. The SMILES string of the molecule is CCCCOc1ccc(C(=O)N2CCCCC2c2nc(-c3cccc(OC)c3)no2)cc1. The largest absolute Gasteiger partial charge is 0.497 e. The number of rotatable bonds is 8. The normalized spacial score (nSPS) is 16.1. The topological polar surface area (TPSA) is 77.7 Å². The fourth-order valence-corrected chi connectivity index (χ4v) is 3.88. The second-order valence-electron chi connectivity index (χ2n) is 7.92. The van der Waals surface area contributed by atoms with Crippen LogP contribution in [0.25, 0.3) is 11.4 Å². The van der Waals surface area contributed by atoms with E-state index in [9.17, 15) is 4.79 Å². The lowest BCUT2D eigenvalue weighted by atomic mass is 10.0. The maximum Gasteiger partial charge on any atom is 0.254 e. The highest BCUT2D eigenvalue weighted by Gasteiger charge is 2.32. The summed E-state index contributed by atoms with van der Waals surface area (Å²) in [5.41, 5.74) is 1.44. The Hall–Kier alpha value is -3.35. The third kappa shape index (κ3) is 4.93. The van der Waals surface area contributed by atoms with Gasteiger partial charge < -0.3 is 18.9 Å². The van der Waals surface area contributed by atoms with E-state index in [1.54, 1.807) is 7.11 Å². The number of methoxy groups -OCH3 is 1. The van der Waals surface area contributed by atoms with E-state index in [1.165, 1.54) is 0 Å². The van der Waals surface area contributed by atoms with Gasteiger partial charge in [0.2, 0.25) is 11.7 Å². The standard InChI is InChI=1S/C25H29N3O4/c1-3-4-16-31-20-13-11-18(12-14-20)25(29)28-15-6-5-10-22(28)24-26-23(27-32-24)19-8-7-9-21(17-19)30-2/h7-9,11-14,17,22H,3-6,10,15-16H2,1-2H3. The molecule has 1 fully saturated rings. The van der Waals surface area contributed by atoms with Crippen LogP contribution in [-0.2, 0) is 0 Å². The molecule has 7 heteroatoms. The lowest BCUT2D eigenvalue weighted by molar-refractivity contribution is 0.0561. The highest BCUT2D eigenvalue weighted by atomic mass is 16.5. The molecule has 32 heavy (non-hydrogen) atoms. The highest BCUT2D eigenvalue weighted by Crippen LogP contribution is 2.33. The van der Waals surface area contributed by atoms with Gasteiger partial charge >= 0.3 is 0 Å². The second kappa shape index (κ2) is 10.3. The van der Waals surface area contributed by atoms with Gasteiger partial charge in [-0.25, -0.2) is 0 Å². The Kier molecular flexibility index (Phi) is 7.04. The molecule has 2 aromatic carbocycles. The minimum absolute atomic E-state index is 0.0315. The molecule has 0 aliphatic carbocycles. The van der Waals surface area contributed by atoms with Gasteiger partial charge in [0.1, 0.15) is 17.5 Å². The summed E-state index contributed by atoms with van der Waals surface area (Å²) < 4.78 is 16.6. The van der Waals surface area contributed by atoms with E-state index in [-0.39, 0.29) is 11.9 Å². The fraction of sp³-hybridized carbons (Fsp3) is 0.400. The van der Waals surface area contributed by atoms with E-state index >= 15 is 0 Å². The van der Waals surface area contributed by atoms with E-state index in [0.717, 1.165) is 49.2 Å². The first kappa shape index (κ1) is 21.9. The third-order valence-electron chi connectivity index (χ3n) is 5.69. The Labute approximate surface area is 188 Å². The monoisotopic (exact) mass is 435 g/mol. The van der Waals surface area contributed by atoms with Gasteiger partial charge in [0.25, 0.3) is 5.91 Å². The van der Waals surface area contributed by atoms with Crippen LogP contribution in [-0.4, -0.2) is 41.2 Å². The molecule has 7 nitrogen and oxygen atoms in total. The summed E-state index contributed by atoms with van der Waals surface area (Å²) in [6.07, 6.45) is 4.86. The molecule has 0 saturated carbocycles. The van der Waals surface area contributed by atoms with Gasteiger partial charge in [-0.3, -0.25) is 4.79 Å². The van der Waals surface area contributed by atoms with Crippen LogP contribution in [0.5, 0.6) is 11.5 Å². The highest BCUT2D eigenvalue weighted by molar-refractivity contribution is 5.94. The minimum Gasteiger partial charge on any atom is -0.497 e. The van der Waals surface area contributed by atoms with Crippen LogP contribution in [0.15, 0.2) is 53.1 Å². The predicted octanol–water partition coefficient (Wildman–Crippen LogP) is 5.29. The Balaban J connectivity index is 1.50. The molecule has 0 bridgehead atoms. The number of ether oxygens (including phenoxy) is 2. The summed E-state index contributed by atoms with van der Waals surface area (Å²) in [4.78, 5) is 19.8. The molecule has 0 spiro atoms. The smallest absolute Gasteiger partial charge is 0.254 e. The summed E-state index contributed by atoms with van der Waals surface area (Å²) >= 11 is 0. The lowest BCUT2D eigenvalue weighted by Gasteiger charge is -2.33. The molecule has 4 rings (SSSR count). The van der Waals surface area contributed by atoms with E-state index in [2.05, 4.69) is 17.1 Å². The van der Waals surface area contributed by atoms with Crippen molar-refractivity contribution in [3.63, 3.8) is 0 Å². The number of benzene rings is 2. The van der Waals surface area contributed by atoms with Gasteiger partial charge in [-0.15, -0.1) is 0 Å². The summed E-state index contributed by atoms with van der Waals surface area (Å²) in [5.74, 6) is 2.44. The van der Waals surface area contributed by atoms with Crippen LogP contribution < -0.4 is 9.47 Å². The van der Waals surface area contributed by atoms with E-state index in [0.29, 0.717) is 30.4 Å². The van der Waals surface area contributed by atoms with Crippen LogP contribution >= 0.6 is 0 Å². The molecular weight excluding hydrogens is 406 g/mol. The Morgan fingerprint density at radius 2 is 2.00 bits per heavy atom. The average molecular weight is 436 g/mol. The van der Waals surface area contributed by atoms with Gasteiger partial charge in [-0.2, -0.15) is 4.98 Å². The van der Waals surface area contributed by atoms with Gasteiger partial charge in [0, 0.05) is 17.7 Å². The van der Waals surface area contributed by atoms with E-state index < -0.39 is 0 Å². The summed E-state index contributed by atoms with van der Waals surface area (Å²) in [7, 11) is 1.62. The van der Waals surface area contributed by atoms with Gasteiger partial charge in [0.05, 0.1) is 13.7 Å². The quantitative estimate of drug-likeness (QED) is 0.447. The molecule has 0 N–H and O–H groups in total. The number of aromatic nitrogens is 2. The number of nitrogens with zero attached hydrogens (tertiary/aromatic N) is 3. The molecule has 168 valence electrons. The molecular formula is C25H29N3O4. The predicted molar refractivity (Wildman–Crippen MR) is 121 cm³/mol. The maximum atomic E-state index is 13.3. The van der Waals surface area contributed by atoms with Gasteiger partial charge in [-0.05, 0) is 62.1 Å². The van der Waals surface area contributed by atoms with Crippen LogP contribution in [0, 0.1) is 0 Å². The van der Waals surface area contributed by atoms with Crippen molar-refractivity contribution in [1.82, 2.24) is 15.0 Å². The van der Waals surface area contributed by atoms with Gasteiger partial charge in [-0.1, -0.05) is 30.6 Å². The van der Waals surface area contributed by atoms with Crippen molar-refractivity contribution >= 4 is 5.91 Å². The number of carbonyl (C=O) groups is 1. The summed E-state index contributed by atoms with van der Waals surface area (Å²) in [5, 5.41) is 4.15. The molecule has 2 heterocycles. The Bertz CT molecular complexity index is 1030. The molecule has 1 aliphatic rings. The molecule has 1 aliphatic heterocycles. The zero-order valence-corrected chi connectivity index (χ0v) is 18.6. The zero-order chi connectivity index (χ0) is 22.3. The first-order chi connectivity index (χ1) is 15.7. The lowest BCUT2D eigenvalue weighted by Crippen LogP contribution is -2.38. The van der Waals surface area contributed by atoms with Crippen LogP contribution in [0.4, 0.5) is 0 Å². The summed E-state index contributed by atoms with van der Waals surface area (Å²) in [6.45, 7) is 3.48. The molecule has 3 aromatic rings. The van der Waals surface area contributed by atoms with Crippen molar-refractivity contribution in [2.75, 3.05) is 20.3 Å². The number of hydrogen-bond donors (Lipinski definition) is 0. The Morgan fingerprint density at radius 1 is 1.16 bits per heavy atom. The third-order valence-corrected chi connectivity index (χ3v) is 5.69. The zero-order valence-electron chi connectivity index (χ0n) is 18.6. The first-order valence-electron chi connectivity index (χ1n) is 11.2. The number of piperidine rings is 1. The van der Waals surface area contributed by atoms with Crippen molar-refractivity contribution in [2.24, 2.45) is 0 Å². The van der Waals surface area contributed by atoms with E-state index in [1.807, 2.05) is 53.4 Å². The summed E-state index contributed by atoms with van der Waals surface area (Å²) in [6, 6.07) is 14.7. The van der Waals surface area contributed by atoms with Crippen LogP contribution in [0.3, 0.4) is 0 Å². The van der Waals surface area contributed by atoms with Crippen molar-refractivity contribution in [3.05, 3.63) is 60.0 Å². The molecule has 0 radical (unpaired) electrons. The molecule has 1 amide bonds. The van der Waals surface area contributed by atoms with Crippen molar-refractivity contribution in [3.8, 4) is 22.9 Å². The number of unbranched alkanes of at least 4 members (excludes halogenated alkanes) is 1. The molecule has 1 atom stereocenters. The second-order valence-corrected chi connectivity index (χ2v) is 7.92. The number of amides is 1. The fourth-order valence-electron chi connectivity index (χ4n) is 3.88. The molecule has 1 unspecified atom stereocenters. The number of hydrogen-bond acceptors (Lipinski definition) is 6. The molecule has 1 saturated heterocycles.